The van der Waals surface area contributed by atoms with Crippen molar-refractivity contribution < 1.29 is 18.4 Å². The predicted molar refractivity (Wildman–Crippen MR) is 149 cm³/mol. The highest BCUT2D eigenvalue weighted by molar-refractivity contribution is 6.09. The second-order valence-electron chi connectivity index (χ2n) is 9.76. The monoisotopic (exact) mass is 549 g/mol. The van der Waals surface area contributed by atoms with Crippen molar-refractivity contribution in [1.29, 1.82) is 5.26 Å². The predicted octanol–water partition coefficient (Wildman–Crippen LogP) is 4.71. The van der Waals surface area contributed by atoms with Gasteiger partial charge in [-0.05, 0) is 70.8 Å². The average Bonchev–Trinajstić information content (AvgIpc) is 3.23. The van der Waals surface area contributed by atoms with Crippen LogP contribution in [0.3, 0.4) is 0 Å². The van der Waals surface area contributed by atoms with E-state index in [-0.39, 0.29) is 18.4 Å². The quantitative estimate of drug-likeness (QED) is 0.361. The molecule has 0 bridgehead atoms. The Balaban J connectivity index is 1.40. The van der Waals surface area contributed by atoms with Gasteiger partial charge in [0.1, 0.15) is 11.6 Å². The van der Waals surface area contributed by atoms with Gasteiger partial charge in [0.05, 0.1) is 18.2 Å². The molecule has 2 amide bonds. The van der Waals surface area contributed by atoms with Crippen LogP contribution in [0.15, 0.2) is 102 Å². The van der Waals surface area contributed by atoms with Gasteiger partial charge in [-0.2, -0.15) is 5.26 Å². The molecule has 4 aromatic carbocycles. The van der Waals surface area contributed by atoms with Crippen LogP contribution < -0.4 is 5.73 Å². The van der Waals surface area contributed by atoms with Crippen LogP contribution in [-0.2, 0) is 23.4 Å². The Labute approximate surface area is 235 Å². The molecular weight excluding hydrogens is 524 g/mol. The van der Waals surface area contributed by atoms with Gasteiger partial charge in [0.2, 0.25) is 0 Å². The van der Waals surface area contributed by atoms with Gasteiger partial charge in [-0.15, -0.1) is 0 Å². The van der Waals surface area contributed by atoms with Crippen LogP contribution in [0.25, 0.3) is 0 Å². The number of aliphatic imine (C=N–C) groups is 1. The third kappa shape index (κ3) is 5.28. The lowest BCUT2D eigenvalue weighted by atomic mass is 9.82. The van der Waals surface area contributed by atoms with Crippen molar-refractivity contribution in [3.05, 3.63) is 142 Å². The van der Waals surface area contributed by atoms with Gasteiger partial charge in [-0.25, -0.2) is 13.8 Å². The fourth-order valence-corrected chi connectivity index (χ4v) is 4.89. The molecule has 4 aromatic rings. The minimum Gasteiger partial charge on any atom is -0.369 e. The molecule has 0 atom stereocenters. The Morgan fingerprint density at radius 1 is 0.927 bits per heavy atom. The highest BCUT2D eigenvalue weighted by Gasteiger charge is 2.50. The molecule has 0 saturated heterocycles. The third-order valence-corrected chi connectivity index (χ3v) is 7.00. The van der Waals surface area contributed by atoms with Crippen LogP contribution in [0.5, 0.6) is 0 Å². The topological polar surface area (TPSA) is 103 Å². The lowest BCUT2D eigenvalue weighted by molar-refractivity contribution is -0.130. The summed E-state index contributed by atoms with van der Waals surface area (Å²) in [5.74, 6) is -1.72. The van der Waals surface area contributed by atoms with E-state index in [0.717, 1.165) is 5.56 Å². The zero-order chi connectivity index (χ0) is 29.1. The van der Waals surface area contributed by atoms with E-state index < -0.39 is 23.1 Å². The van der Waals surface area contributed by atoms with Crippen molar-refractivity contribution in [2.75, 3.05) is 7.05 Å². The Hall–Kier alpha value is -5.36. The first kappa shape index (κ1) is 27.2. The van der Waals surface area contributed by atoms with Crippen LogP contribution in [0.1, 0.15) is 38.2 Å². The summed E-state index contributed by atoms with van der Waals surface area (Å²) in [6.45, 7) is 0.371. The fourth-order valence-electron chi connectivity index (χ4n) is 4.89. The summed E-state index contributed by atoms with van der Waals surface area (Å²) in [7, 11) is 1.68. The number of nitrogens with two attached hydrogens (primary N) is 1. The second-order valence-corrected chi connectivity index (χ2v) is 9.76. The minimum absolute atomic E-state index is 0.0265. The summed E-state index contributed by atoms with van der Waals surface area (Å²) in [6, 6.07) is 26.7. The molecule has 0 radical (unpaired) electrons. The van der Waals surface area contributed by atoms with Gasteiger partial charge in [0.15, 0.2) is 11.5 Å². The van der Waals surface area contributed by atoms with Crippen molar-refractivity contribution in [2.24, 2.45) is 10.7 Å². The molecule has 0 fully saturated rings. The minimum atomic E-state index is -1.62. The lowest BCUT2D eigenvalue weighted by Crippen LogP contribution is -2.43. The maximum Gasteiger partial charge on any atom is 0.266 e. The highest BCUT2D eigenvalue weighted by Crippen LogP contribution is 2.40. The number of benzene rings is 4. The van der Waals surface area contributed by atoms with Crippen molar-refractivity contribution in [2.45, 2.75) is 18.6 Å². The Kier molecular flexibility index (Phi) is 7.32. The van der Waals surface area contributed by atoms with E-state index in [9.17, 15) is 18.4 Å². The number of hydrogen-bond acceptors (Lipinski definition) is 5. The summed E-state index contributed by atoms with van der Waals surface area (Å²) < 4.78 is 27.5. The van der Waals surface area contributed by atoms with E-state index in [1.807, 2.05) is 0 Å². The standard InChI is InChI=1S/C32H25F2N5O2/c1-38(19-22-7-5-21(18-35)6-8-22)29(40)24-4-2-3-23(17-24)20-39-30(41)32(37-31(39)36,25-9-13-27(33)14-10-25)26-11-15-28(34)16-12-26/h2-17H,19-20H2,1H3,(H2,36,37). The number of nitrogens with zero attached hydrogens (tertiary/aromatic N) is 4. The summed E-state index contributed by atoms with van der Waals surface area (Å²) in [5, 5.41) is 8.99. The van der Waals surface area contributed by atoms with Gasteiger partial charge in [0.25, 0.3) is 11.8 Å². The van der Waals surface area contributed by atoms with Crippen LogP contribution >= 0.6 is 0 Å². The smallest absolute Gasteiger partial charge is 0.266 e. The van der Waals surface area contributed by atoms with Gasteiger partial charge in [-0.1, -0.05) is 48.5 Å². The largest absolute Gasteiger partial charge is 0.369 e. The van der Waals surface area contributed by atoms with Crippen molar-refractivity contribution >= 4 is 17.8 Å². The molecule has 0 aliphatic carbocycles. The summed E-state index contributed by atoms with van der Waals surface area (Å²) in [4.78, 5) is 34.7. The first-order valence-electron chi connectivity index (χ1n) is 12.7. The maximum atomic E-state index is 14.0. The number of rotatable bonds is 7. The van der Waals surface area contributed by atoms with Crippen molar-refractivity contribution in [3.8, 4) is 6.07 Å². The Bertz CT molecular complexity index is 1630. The highest BCUT2D eigenvalue weighted by atomic mass is 19.1. The number of amides is 2. The molecule has 1 aliphatic heterocycles. The molecular formula is C32H25F2N5O2. The van der Waals surface area contributed by atoms with Gasteiger partial charge < -0.3 is 10.6 Å². The van der Waals surface area contributed by atoms with Crippen LogP contribution in [0.2, 0.25) is 0 Å². The van der Waals surface area contributed by atoms with Crippen LogP contribution in [0.4, 0.5) is 8.78 Å². The molecule has 9 heteroatoms. The van der Waals surface area contributed by atoms with Crippen molar-refractivity contribution in [3.63, 3.8) is 0 Å². The van der Waals surface area contributed by atoms with Gasteiger partial charge in [-0.3, -0.25) is 14.5 Å². The van der Waals surface area contributed by atoms with Crippen LogP contribution in [-0.4, -0.2) is 34.6 Å². The van der Waals surface area contributed by atoms with E-state index in [0.29, 0.717) is 34.4 Å². The Morgan fingerprint density at radius 3 is 2.07 bits per heavy atom. The average molecular weight is 550 g/mol. The SMILES string of the molecule is CN(Cc1ccc(C#N)cc1)C(=O)c1cccc(CN2C(=O)C(c3ccc(F)cc3)(c3ccc(F)cc3)N=C2N)c1. The summed E-state index contributed by atoms with van der Waals surface area (Å²) in [5.41, 5.74) is 7.91. The molecule has 2 N–H and O–H groups in total. The molecule has 0 unspecified atom stereocenters. The number of carbonyl (C=O) groups is 2. The maximum absolute atomic E-state index is 14.0. The number of hydrogen-bond donors (Lipinski definition) is 1. The zero-order valence-corrected chi connectivity index (χ0v) is 22.1. The van der Waals surface area contributed by atoms with Gasteiger partial charge in [0, 0.05) is 19.2 Å². The number of carbonyl (C=O) groups excluding carboxylic acids is 2. The van der Waals surface area contributed by atoms with E-state index in [4.69, 9.17) is 11.0 Å². The van der Waals surface area contributed by atoms with Gasteiger partial charge >= 0.3 is 0 Å². The molecule has 7 nitrogen and oxygen atoms in total. The van der Waals surface area contributed by atoms with Crippen LogP contribution in [0, 0.1) is 23.0 Å². The normalized spacial score (nSPS) is 14.0. The number of halogens is 2. The van der Waals surface area contributed by atoms with E-state index in [2.05, 4.69) is 11.1 Å². The summed E-state index contributed by atoms with van der Waals surface area (Å²) >= 11 is 0. The molecule has 0 spiro atoms. The third-order valence-electron chi connectivity index (χ3n) is 7.00. The number of guanidine groups is 1. The molecule has 1 aliphatic rings. The van der Waals surface area contributed by atoms with E-state index >= 15 is 0 Å². The second kappa shape index (κ2) is 11.0. The van der Waals surface area contributed by atoms with E-state index in [1.165, 1.54) is 53.4 Å². The van der Waals surface area contributed by atoms with Crippen molar-refractivity contribution in [1.82, 2.24) is 9.80 Å². The fraction of sp³-hybridized carbons (Fsp3) is 0.125. The van der Waals surface area contributed by atoms with E-state index in [1.54, 1.807) is 60.5 Å². The molecule has 5 rings (SSSR count). The molecule has 0 aromatic heterocycles. The molecule has 41 heavy (non-hydrogen) atoms. The summed E-state index contributed by atoms with van der Waals surface area (Å²) in [6.07, 6.45) is 0. The first-order valence-corrected chi connectivity index (χ1v) is 12.7. The molecule has 0 saturated carbocycles. The molecule has 204 valence electrons. The zero-order valence-electron chi connectivity index (χ0n) is 22.1. The first-order chi connectivity index (χ1) is 19.7. The molecule has 1 heterocycles. The lowest BCUT2D eigenvalue weighted by Gasteiger charge is -2.27. The number of nitriles is 1. The Morgan fingerprint density at radius 2 is 1.51 bits per heavy atom.